The molecular weight excluding hydrogens is 555 g/mol. The van der Waals surface area contributed by atoms with Gasteiger partial charge < -0.3 is 4.74 Å². The van der Waals surface area contributed by atoms with Crippen LogP contribution in [0.2, 0.25) is 0 Å². The average molecular weight is 572 g/mol. The van der Waals surface area contributed by atoms with Crippen molar-refractivity contribution in [2.75, 3.05) is 18.0 Å². The summed E-state index contributed by atoms with van der Waals surface area (Å²) in [4.78, 5) is 18.0. The van der Waals surface area contributed by atoms with Gasteiger partial charge in [0.15, 0.2) is 0 Å². The number of hydrazone groups is 1. The minimum atomic E-state index is -4.89. The molecule has 1 aliphatic heterocycles. The van der Waals surface area contributed by atoms with Crippen LogP contribution < -0.4 is 9.64 Å². The lowest BCUT2D eigenvalue weighted by atomic mass is 9.99. The SMILES string of the molecule is [C-]#[N+]c1cnn(C2CCN(C(=O)N(CC#N)c3ccc(Br)cc3)N=C2c2cccc(OC(F)(F)F)c2)c1. The molecule has 188 valence electrons. The quantitative estimate of drug-likeness (QED) is 0.282. The predicted molar refractivity (Wildman–Crippen MR) is 131 cm³/mol. The molecule has 2 amide bonds. The number of anilines is 1. The molecule has 1 unspecified atom stereocenters. The number of ether oxygens (including phenoxy) is 1. The Morgan fingerprint density at radius 3 is 2.70 bits per heavy atom. The summed E-state index contributed by atoms with van der Waals surface area (Å²) in [5.41, 5.74) is 1.28. The number of hydrogen-bond acceptors (Lipinski definition) is 5. The number of alkyl halides is 3. The van der Waals surface area contributed by atoms with Gasteiger partial charge in [-0.15, -0.1) is 13.2 Å². The van der Waals surface area contributed by atoms with E-state index in [9.17, 15) is 23.2 Å². The average Bonchev–Trinajstić information content (AvgIpc) is 3.36. The van der Waals surface area contributed by atoms with Crippen LogP contribution in [0, 0.1) is 17.9 Å². The Morgan fingerprint density at radius 2 is 2.05 bits per heavy atom. The van der Waals surface area contributed by atoms with Gasteiger partial charge in [-0.25, -0.2) is 14.6 Å². The van der Waals surface area contributed by atoms with E-state index in [1.54, 1.807) is 30.3 Å². The number of benzene rings is 2. The summed E-state index contributed by atoms with van der Waals surface area (Å²) < 4.78 is 44.8. The summed E-state index contributed by atoms with van der Waals surface area (Å²) in [6.07, 6.45) is -1.71. The van der Waals surface area contributed by atoms with E-state index in [1.807, 2.05) is 6.07 Å². The van der Waals surface area contributed by atoms with E-state index in [4.69, 9.17) is 6.57 Å². The van der Waals surface area contributed by atoms with Gasteiger partial charge in [-0.05, 0) is 42.8 Å². The van der Waals surface area contributed by atoms with Crippen LogP contribution in [-0.4, -0.2) is 46.0 Å². The molecule has 1 aromatic heterocycles. The topological polar surface area (TPSA) is 91.1 Å². The van der Waals surface area contributed by atoms with Crippen molar-refractivity contribution < 1.29 is 22.7 Å². The minimum absolute atomic E-state index is 0.136. The molecule has 13 heteroatoms. The van der Waals surface area contributed by atoms with Gasteiger partial charge in [-0.1, -0.05) is 28.1 Å². The van der Waals surface area contributed by atoms with Gasteiger partial charge in [0.1, 0.15) is 12.3 Å². The second kappa shape index (κ2) is 10.7. The third-order valence-corrected chi connectivity index (χ3v) is 5.91. The highest BCUT2D eigenvalue weighted by Gasteiger charge is 2.34. The first-order chi connectivity index (χ1) is 17.7. The summed E-state index contributed by atoms with van der Waals surface area (Å²) in [5.74, 6) is -0.446. The van der Waals surface area contributed by atoms with Crippen LogP contribution >= 0.6 is 15.9 Å². The summed E-state index contributed by atoms with van der Waals surface area (Å²) in [7, 11) is 0. The van der Waals surface area contributed by atoms with E-state index in [-0.39, 0.29) is 30.1 Å². The smallest absolute Gasteiger partial charge is 0.406 e. The van der Waals surface area contributed by atoms with E-state index >= 15 is 0 Å². The fourth-order valence-electron chi connectivity index (χ4n) is 3.78. The zero-order valence-electron chi connectivity index (χ0n) is 18.9. The van der Waals surface area contributed by atoms with Gasteiger partial charge in [0.25, 0.3) is 0 Å². The standard InChI is InChI=1S/C24H17BrF3N7O2/c1-30-18-14-31-35(15-18)21-9-11-34(23(36)33(12-10-29)19-7-5-17(25)6-8-19)32-22(21)16-3-2-4-20(13-16)37-24(26,27)28/h2-8,13-15,21H,9,11-12H2. The molecule has 37 heavy (non-hydrogen) atoms. The van der Waals surface area contributed by atoms with Crippen molar-refractivity contribution in [1.29, 1.82) is 5.26 Å². The Morgan fingerprint density at radius 1 is 1.30 bits per heavy atom. The lowest BCUT2D eigenvalue weighted by Crippen LogP contribution is -2.45. The van der Waals surface area contributed by atoms with Gasteiger partial charge in [0.05, 0.1) is 30.6 Å². The molecule has 2 aromatic carbocycles. The number of aromatic nitrogens is 2. The minimum Gasteiger partial charge on any atom is -0.406 e. The number of nitrogens with zero attached hydrogens (tertiary/aromatic N) is 7. The summed E-state index contributed by atoms with van der Waals surface area (Å²) in [5, 5.41) is 19.2. The van der Waals surface area contributed by atoms with Crippen molar-refractivity contribution in [3.63, 3.8) is 0 Å². The Hall–Kier alpha value is -4.36. The van der Waals surface area contributed by atoms with Crippen LogP contribution in [0.4, 0.5) is 29.3 Å². The summed E-state index contributed by atoms with van der Waals surface area (Å²) in [6.45, 7) is 7.09. The number of halogens is 4. The van der Waals surface area contributed by atoms with Crippen molar-refractivity contribution >= 4 is 39.0 Å². The maximum atomic E-state index is 13.4. The molecule has 0 N–H and O–H groups in total. The normalized spacial score (nSPS) is 15.4. The highest BCUT2D eigenvalue weighted by atomic mass is 79.9. The number of carbonyl (C=O) groups excluding carboxylic acids is 1. The van der Waals surface area contributed by atoms with E-state index in [0.717, 1.165) is 10.5 Å². The maximum absolute atomic E-state index is 13.4. The molecule has 0 saturated carbocycles. The first-order valence-electron chi connectivity index (χ1n) is 10.8. The lowest BCUT2D eigenvalue weighted by Gasteiger charge is -2.33. The van der Waals surface area contributed by atoms with E-state index in [1.165, 1.54) is 39.1 Å². The molecule has 1 aliphatic rings. The molecular formula is C24H17BrF3N7O2. The first-order valence-corrected chi connectivity index (χ1v) is 11.6. The van der Waals surface area contributed by atoms with Crippen LogP contribution in [0.1, 0.15) is 18.0 Å². The molecule has 0 bridgehead atoms. The van der Waals surface area contributed by atoms with Crippen molar-refractivity contribution in [2.24, 2.45) is 5.10 Å². The molecule has 3 aromatic rings. The van der Waals surface area contributed by atoms with Crippen LogP contribution in [0.5, 0.6) is 5.75 Å². The number of amides is 2. The molecule has 0 spiro atoms. The molecule has 0 saturated heterocycles. The number of carbonyl (C=O) groups is 1. The van der Waals surface area contributed by atoms with E-state index < -0.39 is 24.2 Å². The van der Waals surface area contributed by atoms with Crippen molar-refractivity contribution in [3.05, 3.63) is 82.4 Å². The number of hydrogen-bond donors (Lipinski definition) is 0. The van der Waals surface area contributed by atoms with Gasteiger partial charge in [-0.3, -0.25) is 9.58 Å². The molecule has 0 fully saturated rings. The van der Waals surface area contributed by atoms with E-state index in [2.05, 4.69) is 35.7 Å². The van der Waals surface area contributed by atoms with Gasteiger partial charge in [0.2, 0.25) is 5.69 Å². The van der Waals surface area contributed by atoms with Crippen LogP contribution in [-0.2, 0) is 0 Å². The third-order valence-electron chi connectivity index (χ3n) is 5.38. The first kappa shape index (κ1) is 25.7. The van der Waals surface area contributed by atoms with Gasteiger partial charge >= 0.3 is 12.4 Å². The van der Waals surface area contributed by atoms with Crippen molar-refractivity contribution in [2.45, 2.75) is 18.8 Å². The summed E-state index contributed by atoms with van der Waals surface area (Å²) >= 11 is 3.33. The molecule has 0 radical (unpaired) electrons. The van der Waals surface area contributed by atoms with Crippen LogP contribution in [0.25, 0.3) is 4.85 Å². The van der Waals surface area contributed by atoms with Gasteiger partial charge in [-0.2, -0.15) is 15.5 Å². The Bertz CT molecular complexity index is 1410. The van der Waals surface area contributed by atoms with Crippen molar-refractivity contribution in [3.8, 4) is 11.8 Å². The monoisotopic (exact) mass is 571 g/mol. The molecule has 0 aliphatic carbocycles. The Balaban J connectivity index is 1.74. The lowest BCUT2D eigenvalue weighted by molar-refractivity contribution is -0.274. The second-order valence-corrected chi connectivity index (χ2v) is 8.70. The fraction of sp³-hybridized carbons (Fsp3) is 0.208. The number of urea groups is 1. The van der Waals surface area contributed by atoms with Crippen LogP contribution in [0.3, 0.4) is 0 Å². The zero-order chi connectivity index (χ0) is 26.6. The Kier molecular flexibility index (Phi) is 7.45. The van der Waals surface area contributed by atoms with E-state index in [0.29, 0.717) is 12.1 Å². The fourth-order valence-corrected chi connectivity index (χ4v) is 4.05. The Labute approximate surface area is 217 Å². The number of nitriles is 1. The maximum Gasteiger partial charge on any atom is 0.573 e. The number of rotatable bonds is 5. The van der Waals surface area contributed by atoms with Crippen molar-refractivity contribution in [1.82, 2.24) is 14.8 Å². The second-order valence-electron chi connectivity index (χ2n) is 7.78. The molecule has 4 rings (SSSR count). The largest absolute Gasteiger partial charge is 0.573 e. The zero-order valence-corrected chi connectivity index (χ0v) is 20.5. The predicted octanol–water partition coefficient (Wildman–Crippen LogP) is 5.90. The molecule has 2 heterocycles. The van der Waals surface area contributed by atoms with Crippen LogP contribution in [0.15, 0.2) is 70.5 Å². The van der Waals surface area contributed by atoms with Gasteiger partial charge in [0, 0.05) is 28.5 Å². The third kappa shape index (κ3) is 6.08. The summed E-state index contributed by atoms with van der Waals surface area (Å²) in [6, 6.07) is 12.9. The highest BCUT2D eigenvalue weighted by molar-refractivity contribution is 9.10. The molecule has 1 atom stereocenters. The molecule has 9 nitrogen and oxygen atoms in total. The highest BCUT2D eigenvalue weighted by Crippen LogP contribution is 2.30.